The minimum Gasteiger partial charge on any atom is -0.345 e. The van der Waals surface area contributed by atoms with Crippen molar-refractivity contribution >= 4 is 32.6 Å². The van der Waals surface area contributed by atoms with Gasteiger partial charge in [0, 0.05) is 10.0 Å². The Hall–Kier alpha value is -2.13. The van der Waals surface area contributed by atoms with E-state index in [0.717, 1.165) is 10.0 Å². The van der Waals surface area contributed by atoms with Crippen LogP contribution in [0, 0.1) is 0 Å². The molecule has 0 fully saturated rings. The first-order valence-corrected chi connectivity index (χ1v) is 7.98. The summed E-state index contributed by atoms with van der Waals surface area (Å²) >= 11 is 3.38. The van der Waals surface area contributed by atoms with Crippen LogP contribution in [0.25, 0.3) is 10.8 Å². The Labute approximate surface area is 138 Å². The summed E-state index contributed by atoms with van der Waals surface area (Å²) in [5.74, 6) is -0.0621. The van der Waals surface area contributed by atoms with Crippen LogP contribution in [-0.4, -0.2) is 5.91 Å². The third-order valence-electron chi connectivity index (χ3n) is 3.74. The van der Waals surface area contributed by atoms with Crippen LogP contribution in [0.15, 0.2) is 71.2 Å². The summed E-state index contributed by atoms with van der Waals surface area (Å²) in [4.78, 5) is 12.3. The predicted octanol–water partition coefficient (Wildman–Crippen LogP) is 5.09. The van der Waals surface area contributed by atoms with E-state index in [1.807, 2.05) is 49.4 Å². The van der Waals surface area contributed by atoms with Gasteiger partial charge in [0.25, 0.3) is 5.91 Å². The van der Waals surface area contributed by atoms with Crippen LogP contribution in [0.1, 0.15) is 28.9 Å². The van der Waals surface area contributed by atoms with Crippen LogP contribution in [0.4, 0.5) is 0 Å². The van der Waals surface area contributed by atoms with Crippen molar-refractivity contribution in [2.75, 3.05) is 0 Å². The SMILES string of the molecule is CC(NC(=O)c1ccc(Br)cc1)c1cccc2ccccc12. The third-order valence-corrected chi connectivity index (χ3v) is 4.27. The number of hydrogen-bond donors (Lipinski definition) is 1. The van der Waals surface area contributed by atoms with Crippen molar-refractivity contribution in [1.29, 1.82) is 0 Å². The van der Waals surface area contributed by atoms with Crippen molar-refractivity contribution in [3.05, 3.63) is 82.3 Å². The quantitative estimate of drug-likeness (QED) is 0.697. The molecule has 0 aliphatic rings. The van der Waals surface area contributed by atoms with Gasteiger partial charge in [-0.2, -0.15) is 0 Å². The minimum absolute atomic E-state index is 0.0535. The first-order chi connectivity index (χ1) is 10.6. The largest absolute Gasteiger partial charge is 0.345 e. The standard InChI is InChI=1S/C19H16BrNO/c1-13(21-19(22)15-9-11-16(20)12-10-15)17-8-4-6-14-5-2-3-7-18(14)17/h2-13H,1H3,(H,21,22). The zero-order valence-electron chi connectivity index (χ0n) is 12.2. The highest BCUT2D eigenvalue weighted by Crippen LogP contribution is 2.24. The van der Waals surface area contributed by atoms with Crippen molar-refractivity contribution < 1.29 is 4.79 Å². The molecular weight excluding hydrogens is 338 g/mol. The van der Waals surface area contributed by atoms with Gasteiger partial charge in [-0.3, -0.25) is 4.79 Å². The number of carbonyl (C=O) groups is 1. The van der Waals surface area contributed by atoms with E-state index >= 15 is 0 Å². The van der Waals surface area contributed by atoms with Gasteiger partial charge in [0.15, 0.2) is 0 Å². The van der Waals surface area contributed by atoms with Crippen LogP contribution in [0.2, 0.25) is 0 Å². The van der Waals surface area contributed by atoms with Gasteiger partial charge in [-0.15, -0.1) is 0 Å². The zero-order valence-corrected chi connectivity index (χ0v) is 13.8. The summed E-state index contributed by atoms with van der Waals surface area (Å²) in [6, 6.07) is 21.7. The van der Waals surface area contributed by atoms with E-state index in [9.17, 15) is 4.79 Å². The van der Waals surface area contributed by atoms with E-state index in [4.69, 9.17) is 0 Å². The first-order valence-electron chi connectivity index (χ1n) is 7.19. The molecule has 0 spiro atoms. The first kappa shape index (κ1) is 14.8. The molecule has 22 heavy (non-hydrogen) atoms. The highest BCUT2D eigenvalue weighted by Gasteiger charge is 2.13. The Morgan fingerprint density at radius 2 is 1.64 bits per heavy atom. The second-order valence-corrected chi connectivity index (χ2v) is 6.19. The number of carbonyl (C=O) groups excluding carboxylic acids is 1. The van der Waals surface area contributed by atoms with E-state index in [2.05, 4.69) is 45.5 Å². The van der Waals surface area contributed by atoms with Gasteiger partial charge in [-0.1, -0.05) is 58.4 Å². The van der Waals surface area contributed by atoms with Crippen molar-refractivity contribution in [3.8, 4) is 0 Å². The molecule has 3 rings (SSSR count). The summed E-state index contributed by atoms with van der Waals surface area (Å²) < 4.78 is 0.964. The Balaban J connectivity index is 1.85. The Morgan fingerprint density at radius 3 is 2.41 bits per heavy atom. The second-order valence-electron chi connectivity index (χ2n) is 5.27. The summed E-state index contributed by atoms with van der Waals surface area (Å²) in [7, 11) is 0. The third kappa shape index (κ3) is 3.04. The lowest BCUT2D eigenvalue weighted by Gasteiger charge is -2.16. The van der Waals surface area contributed by atoms with Gasteiger partial charge in [0.2, 0.25) is 0 Å². The monoisotopic (exact) mass is 353 g/mol. The average Bonchev–Trinajstić information content (AvgIpc) is 2.54. The molecule has 0 saturated carbocycles. The van der Waals surface area contributed by atoms with Crippen molar-refractivity contribution in [2.45, 2.75) is 13.0 Å². The fourth-order valence-corrected chi connectivity index (χ4v) is 2.85. The molecule has 0 aliphatic carbocycles. The number of benzene rings is 3. The maximum atomic E-state index is 12.3. The van der Waals surface area contributed by atoms with Gasteiger partial charge in [-0.05, 0) is 47.5 Å². The zero-order chi connectivity index (χ0) is 15.5. The molecule has 1 unspecified atom stereocenters. The van der Waals surface area contributed by atoms with Gasteiger partial charge < -0.3 is 5.32 Å². The van der Waals surface area contributed by atoms with Gasteiger partial charge in [0.05, 0.1) is 6.04 Å². The van der Waals surface area contributed by atoms with E-state index in [0.29, 0.717) is 5.56 Å². The van der Waals surface area contributed by atoms with Crippen LogP contribution < -0.4 is 5.32 Å². The highest BCUT2D eigenvalue weighted by atomic mass is 79.9. The van der Waals surface area contributed by atoms with Gasteiger partial charge in [-0.25, -0.2) is 0 Å². The van der Waals surface area contributed by atoms with Crippen molar-refractivity contribution in [1.82, 2.24) is 5.32 Å². The molecule has 0 bridgehead atoms. The Kier molecular flexibility index (Phi) is 4.25. The molecule has 1 atom stereocenters. The molecule has 1 N–H and O–H groups in total. The van der Waals surface area contributed by atoms with Crippen LogP contribution in [0.3, 0.4) is 0 Å². The van der Waals surface area contributed by atoms with E-state index in [1.54, 1.807) is 0 Å². The molecule has 3 heteroatoms. The molecular formula is C19H16BrNO. The lowest BCUT2D eigenvalue weighted by atomic mass is 9.99. The second kappa shape index (κ2) is 6.32. The van der Waals surface area contributed by atoms with Crippen molar-refractivity contribution in [2.24, 2.45) is 0 Å². The number of rotatable bonds is 3. The molecule has 2 nitrogen and oxygen atoms in total. The van der Waals surface area contributed by atoms with Crippen LogP contribution >= 0.6 is 15.9 Å². The summed E-state index contributed by atoms with van der Waals surface area (Å²) in [6.07, 6.45) is 0. The summed E-state index contributed by atoms with van der Waals surface area (Å²) in [6.45, 7) is 2.01. The summed E-state index contributed by atoms with van der Waals surface area (Å²) in [5.41, 5.74) is 1.79. The molecule has 0 heterocycles. The number of halogens is 1. The fraction of sp³-hybridized carbons (Fsp3) is 0.105. The summed E-state index contributed by atoms with van der Waals surface area (Å²) in [5, 5.41) is 5.43. The van der Waals surface area contributed by atoms with Crippen molar-refractivity contribution in [3.63, 3.8) is 0 Å². The Morgan fingerprint density at radius 1 is 0.955 bits per heavy atom. The molecule has 3 aromatic rings. The molecule has 0 aromatic heterocycles. The highest BCUT2D eigenvalue weighted by molar-refractivity contribution is 9.10. The van der Waals surface area contributed by atoms with E-state index in [-0.39, 0.29) is 11.9 Å². The van der Waals surface area contributed by atoms with Gasteiger partial charge >= 0.3 is 0 Å². The average molecular weight is 354 g/mol. The van der Waals surface area contributed by atoms with E-state index in [1.165, 1.54) is 10.8 Å². The Bertz CT molecular complexity index is 806. The number of hydrogen-bond acceptors (Lipinski definition) is 1. The molecule has 110 valence electrons. The molecule has 0 aliphatic heterocycles. The molecule has 0 radical (unpaired) electrons. The number of amides is 1. The lowest BCUT2D eigenvalue weighted by molar-refractivity contribution is 0.0940. The minimum atomic E-state index is -0.0621. The smallest absolute Gasteiger partial charge is 0.251 e. The maximum absolute atomic E-state index is 12.3. The van der Waals surface area contributed by atoms with Crippen LogP contribution in [-0.2, 0) is 0 Å². The number of fused-ring (bicyclic) bond motifs is 1. The molecule has 3 aromatic carbocycles. The fourth-order valence-electron chi connectivity index (χ4n) is 2.59. The van der Waals surface area contributed by atoms with E-state index < -0.39 is 0 Å². The van der Waals surface area contributed by atoms with Gasteiger partial charge in [0.1, 0.15) is 0 Å². The predicted molar refractivity (Wildman–Crippen MR) is 94.0 cm³/mol. The maximum Gasteiger partial charge on any atom is 0.251 e. The molecule has 0 saturated heterocycles. The van der Waals surface area contributed by atoms with Crippen LogP contribution in [0.5, 0.6) is 0 Å². The molecule has 1 amide bonds. The normalized spacial score (nSPS) is 12.1. The topological polar surface area (TPSA) is 29.1 Å². The number of nitrogens with one attached hydrogen (secondary N) is 1. The lowest BCUT2D eigenvalue weighted by Crippen LogP contribution is -2.26.